The number of hydrogen-bond donors (Lipinski definition) is 2. The van der Waals surface area contributed by atoms with Crippen LogP contribution in [0.3, 0.4) is 0 Å². The molecule has 2 amide bonds. The maximum absolute atomic E-state index is 14.0. The molecule has 36 heavy (non-hydrogen) atoms. The second kappa shape index (κ2) is 10.6. The van der Waals surface area contributed by atoms with Gasteiger partial charge < -0.3 is 10.6 Å². The summed E-state index contributed by atoms with van der Waals surface area (Å²) in [5.74, 6) is -1.20. The van der Waals surface area contributed by atoms with Crippen LogP contribution < -0.4 is 10.6 Å². The number of anilines is 1. The molecule has 0 unspecified atom stereocenters. The first-order valence-electron chi connectivity index (χ1n) is 11.6. The molecule has 0 radical (unpaired) electrons. The molecule has 9 heteroatoms. The number of sulfonamides is 1. The zero-order valence-electron chi connectivity index (χ0n) is 20.1. The normalized spacial score (nSPS) is 15.7. The molecule has 1 atom stereocenters. The third kappa shape index (κ3) is 5.47. The monoisotopic (exact) mass is 509 g/mol. The quantitative estimate of drug-likeness (QED) is 0.502. The minimum Gasteiger partial charge on any atom is -0.352 e. The van der Waals surface area contributed by atoms with Crippen LogP contribution in [0.15, 0.2) is 71.6 Å². The van der Waals surface area contributed by atoms with Crippen LogP contribution in [-0.4, -0.2) is 31.1 Å². The predicted octanol–water partition coefficient (Wildman–Crippen LogP) is 4.09. The lowest BCUT2D eigenvalue weighted by Gasteiger charge is -2.36. The van der Waals surface area contributed by atoms with Crippen molar-refractivity contribution in [1.82, 2.24) is 9.62 Å². The highest BCUT2D eigenvalue weighted by atomic mass is 32.2. The molecule has 0 bridgehead atoms. The van der Waals surface area contributed by atoms with E-state index < -0.39 is 27.8 Å². The Morgan fingerprint density at radius 2 is 1.78 bits per heavy atom. The molecule has 188 valence electrons. The third-order valence-corrected chi connectivity index (χ3v) is 8.16. The summed E-state index contributed by atoms with van der Waals surface area (Å²) in [6, 6.07) is 17.7. The number of benzene rings is 3. The first-order chi connectivity index (χ1) is 17.2. The number of amides is 2. The van der Waals surface area contributed by atoms with Gasteiger partial charge in [0.25, 0.3) is 0 Å². The zero-order valence-corrected chi connectivity index (χ0v) is 20.9. The Bertz CT molecular complexity index is 1410. The number of carbonyl (C=O) groups is 2. The van der Waals surface area contributed by atoms with E-state index in [0.717, 1.165) is 16.7 Å². The molecule has 0 spiro atoms. The van der Waals surface area contributed by atoms with Gasteiger partial charge in [-0.05, 0) is 48.2 Å². The minimum absolute atomic E-state index is 0.00279. The van der Waals surface area contributed by atoms with Crippen molar-refractivity contribution in [2.75, 3.05) is 11.9 Å². The Morgan fingerprint density at radius 1 is 1.06 bits per heavy atom. The highest BCUT2D eigenvalue weighted by molar-refractivity contribution is 7.89. The molecule has 0 aromatic heterocycles. The summed E-state index contributed by atoms with van der Waals surface area (Å²) < 4.78 is 43.2. The Morgan fingerprint density at radius 3 is 2.53 bits per heavy atom. The molecule has 7 nitrogen and oxygen atoms in total. The molecule has 2 N–H and O–H groups in total. The highest BCUT2D eigenvalue weighted by Gasteiger charge is 2.38. The smallest absolute Gasteiger partial charge is 0.245 e. The second-order valence-electron chi connectivity index (χ2n) is 8.83. The van der Waals surface area contributed by atoms with E-state index in [2.05, 4.69) is 10.6 Å². The average molecular weight is 510 g/mol. The Kier molecular flexibility index (Phi) is 7.51. The SMILES string of the molecule is CC(=O)Nc1ccc(C)cc1S(=O)(=O)N1CCc2ccccc2[C@@H]1CC(=O)NCc1ccccc1F. The van der Waals surface area contributed by atoms with Crippen molar-refractivity contribution >= 4 is 27.5 Å². The number of nitrogens with zero attached hydrogens (tertiary/aromatic N) is 1. The fourth-order valence-electron chi connectivity index (χ4n) is 4.47. The second-order valence-corrected chi connectivity index (χ2v) is 10.7. The van der Waals surface area contributed by atoms with E-state index in [4.69, 9.17) is 0 Å². The van der Waals surface area contributed by atoms with Crippen molar-refractivity contribution in [2.45, 2.75) is 44.2 Å². The predicted molar refractivity (Wildman–Crippen MR) is 135 cm³/mol. The molecule has 4 rings (SSSR count). The van der Waals surface area contributed by atoms with Gasteiger partial charge in [-0.2, -0.15) is 4.31 Å². The molecule has 3 aromatic carbocycles. The van der Waals surface area contributed by atoms with E-state index in [0.29, 0.717) is 12.0 Å². The van der Waals surface area contributed by atoms with E-state index in [1.54, 1.807) is 37.3 Å². The third-order valence-electron chi connectivity index (χ3n) is 6.21. The summed E-state index contributed by atoms with van der Waals surface area (Å²) >= 11 is 0. The first-order valence-corrected chi connectivity index (χ1v) is 13.1. The molecule has 3 aromatic rings. The molecule has 0 aliphatic carbocycles. The number of fused-ring (bicyclic) bond motifs is 1. The molecule has 0 saturated carbocycles. The number of aryl methyl sites for hydroxylation is 1. The Balaban J connectivity index is 1.67. The van der Waals surface area contributed by atoms with Crippen LogP contribution in [0.4, 0.5) is 10.1 Å². The van der Waals surface area contributed by atoms with Crippen molar-refractivity contribution in [1.29, 1.82) is 0 Å². The number of halogens is 1. The summed E-state index contributed by atoms with van der Waals surface area (Å²) in [6.07, 6.45) is 0.357. The van der Waals surface area contributed by atoms with E-state index in [-0.39, 0.29) is 36.0 Å². The average Bonchev–Trinajstić information content (AvgIpc) is 2.84. The van der Waals surface area contributed by atoms with Crippen molar-refractivity contribution in [3.05, 3.63) is 94.8 Å². The van der Waals surface area contributed by atoms with Gasteiger partial charge in [0.05, 0.1) is 11.7 Å². The largest absolute Gasteiger partial charge is 0.352 e. The maximum Gasteiger partial charge on any atom is 0.245 e. The molecule has 0 saturated heterocycles. The van der Waals surface area contributed by atoms with Gasteiger partial charge in [-0.25, -0.2) is 12.8 Å². The summed E-state index contributed by atoms with van der Waals surface area (Å²) in [7, 11) is -4.09. The molecule has 1 aliphatic rings. The highest BCUT2D eigenvalue weighted by Crippen LogP contribution is 2.38. The van der Waals surface area contributed by atoms with Gasteiger partial charge in [-0.3, -0.25) is 9.59 Å². The number of rotatable bonds is 7. The van der Waals surface area contributed by atoms with Crippen molar-refractivity contribution < 1.29 is 22.4 Å². The van der Waals surface area contributed by atoms with Crippen molar-refractivity contribution in [2.24, 2.45) is 0 Å². The van der Waals surface area contributed by atoms with Gasteiger partial charge in [-0.1, -0.05) is 48.5 Å². The van der Waals surface area contributed by atoms with Crippen LogP contribution in [0.1, 0.15) is 41.6 Å². The molecule has 1 aliphatic heterocycles. The molecular weight excluding hydrogens is 481 g/mol. The summed E-state index contributed by atoms with van der Waals surface area (Å²) in [4.78, 5) is 24.7. The molecular formula is C27H28FN3O4S. The Labute approximate surface area is 210 Å². The number of nitrogens with one attached hydrogen (secondary N) is 2. The molecule has 0 fully saturated rings. The first kappa shape index (κ1) is 25.5. The van der Waals surface area contributed by atoms with Crippen LogP contribution in [-0.2, 0) is 32.6 Å². The topological polar surface area (TPSA) is 95.6 Å². The van der Waals surface area contributed by atoms with Crippen LogP contribution in [0.5, 0.6) is 0 Å². The van der Waals surface area contributed by atoms with Gasteiger partial charge in [-0.15, -0.1) is 0 Å². The summed E-state index contributed by atoms with van der Waals surface area (Å²) in [6.45, 7) is 3.26. The van der Waals surface area contributed by atoms with E-state index in [1.807, 2.05) is 24.3 Å². The summed E-state index contributed by atoms with van der Waals surface area (Å²) in [5.41, 5.74) is 2.98. The lowest BCUT2D eigenvalue weighted by Crippen LogP contribution is -2.42. The maximum atomic E-state index is 14.0. The van der Waals surface area contributed by atoms with E-state index in [1.165, 1.54) is 23.4 Å². The Hall–Kier alpha value is -3.56. The van der Waals surface area contributed by atoms with Gasteiger partial charge in [0.15, 0.2) is 0 Å². The fourth-order valence-corrected chi connectivity index (χ4v) is 6.31. The zero-order chi connectivity index (χ0) is 25.9. The minimum atomic E-state index is -4.09. The number of carbonyl (C=O) groups excluding carboxylic acids is 2. The summed E-state index contributed by atoms with van der Waals surface area (Å²) in [5, 5.41) is 5.32. The van der Waals surface area contributed by atoms with Gasteiger partial charge in [0.1, 0.15) is 10.7 Å². The number of hydrogen-bond acceptors (Lipinski definition) is 4. The van der Waals surface area contributed by atoms with Gasteiger partial charge in [0, 0.05) is 32.0 Å². The van der Waals surface area contributed by atoms with Gasteiger partial charge >= 0.3 is 0 Å². The van der Waals surface area contributed by atoms with Crippen LogP contribution >= 0.6 is 0 Å². The lowest BCUT2D eigenvalue weighted by molar-refractivity contribution is -0.122. The van der Waals surface area contributed by atoms with Gasteiger partial charge in [0.2, 0.25) is 21.8 Å². The van der Waals surface area contributed by atoms with E-state index in [9.17, 15) is 22.4 Å². The van der Waals surface area contributed by atoms with E-state index >= 15 is 0 Å². The van der Waals surface area contributed by atoms with Crippen molar-refractivity contribution in [3.63, 3.8) is 0 Å². The fraction of sp³-hybridized carbons (Fsp3) is 0.259. The van der Waals surface area contributed by atoms with Crippen molar-refractivity contribution in [3.8, 4) is 0 Å². The lowest BCUT2D eigenvalue weighted by atomic mass is 9.92. The molecule has 1 heterocycles. The standard InChI is InChI=1S/C27H28FN3O4S/c1-18-11-12-24(30-19(2)32)26(15-18)36(34,35)31-14-13-20-7-3-5-9-22(20)25(31)16-27(33)29-17-21-8-4-6-10-23(21)28/h3-12,15,25H,13-14,16-17H2,1-2H3,(H,29,33)(H,30,32)/t25-/m0/s1. The van der Waals surface area contributed by atoms with Crippen LogP contribution in [0.25, 0.3) is 0 Å². The van der Waals surface area contributed by atoms with Crippen LogP contribution in [0.2, 0.25) is 0 Å². The van der Waals surface area contributed by atoms with Crippen LogP contribution in [0, 0.1) is 12.7 Å².